The predicted molar refractivity (Wildman–Crippen MR) is 77.6 cm³/mol. The first kappa shape index (κ1) is 12.5. The maximum absolute atomic E-state index is 5.62. The zero-order valence-corrected chi connectivity index (χ0v) is 12.0. The number of benzene rings is 1. The van der Waals surface area contributed by atoms with Crippen LogP contribution in [0.3, 0.4) is 0 Å². The molecule has 0 aliphatic carbocycles. The van der Waals surface area contributed by atoms with Gasteiger partial charge in [-0.25, -0.2) is 0 Å². The zero-order valence-electron chi connectivity index (χ0n) is 9.82. The van der Waals surface area contributed by atoms with Crippen LogP contribution in [0.4, 0.5) is 0 Å². The molecule has 0 amide bonds. The van der Waals surface area contributed by atoms with E-state index in [1.807, 2.05) is 31.3 Å². The molecule has 1 N–H and O–H groups in total. The summed E-state index contributed by atoms with van der Waals surface area (Å²) in [7, 11) is 2.04. The molecule has 0 spiro atoms. The van der Waals surface area contributed by atoms with Gasteiger partial charge in [0.25, 0.3) is 0 Å². The number of hydrogen-bond donors (Lipinski definition) is 1. The standard InChI is InChI=1S/C12H16IN3O/c1-16-8-6-14-12(16)15-7-9-17-11-4-2-10(13)3-5-11/h2-5H,6-9H2,1H3,(H,14,15). The molecule has 1 aromatic carbocycles. The molecule has 1 aliphatic rings. The molecule has 0 bridgehead atoms. The van der Waals surface area contributed by atoms with Gasteiger partial charge in [0, 0.05) is 17.2 Å². The molecule has 0 radical (unpaired) electrons. The molecule has 0 saturated carbocycles. The van der Waals surface area contributed by atoms with Crippen LogP contribution in [0.1, 0.15) is 0 Å². The highest BCUT2D eigenvalue weighted by atomic mass is 127. The van der Waals surface area contributed by atoms with Gasteiger partial charge >= 0.3 is 0 Å². The highest BCUT2D eigenvalue weighted by Gasteiger charge is 2.10. The number of aliphatic imine (C=N–C) groups is 1. The second-order valence-electron chi connectivity index (χ2n) is 3.86. The third-order valence-corrected chi connectivity index (χ3v) is 3.25. The van der Waals surface area contributed by atoms with Crippen molar-refractivity contribution < 1.29 is 4.74 Å². The molecule has 0 saturated heterocycles. The number of rotatable bonds is 4. The smallest absolute Gasteiger partial charge is 0.193 e. The largest absolute Gasteiger partial charge is 0.492 e. The summed E-state index contributed by atoms with van der Waals surface area (Å²) in [5.41, 5.74) is 0. The number of likely N-dealkylation sites (N-methyl/N-ethyl adjacent to an activating group) is 1. The number of guanidine groups is 1. The summed E-state index contributed by atoms with van der Waals surface area (Å²) in [5, 5.41) is 3.26. The number of nitrogens with zero attached hydrogens (tertiary/aromatic N) is 2. The Morgan fingerprint density at radius 2 is 2.18 bits per heavy atom. The molecule has 4 nitrogen and oxygen atoms in total. The number of nitrogens with one attached hydrogen (secondary N) is 1. The molecule has 17 heavy (non-hydrogen) atoms. The summed E-state index contributed by atoms with van der Waals surface area (Å²) < 4.78 is 6.83. The highest BCUT2D eigenvalue weighted by molar-refractivity contribution is 14.1. The summed E-state index contributed by atoms with van der Waals surface area (Å²) in [6.45, 7) is 3.31. The molecule has 2 rings (SSSR count). The van der Waals surface area contributed by atoms with Crippen LogP contribution < -0.4 is 10.1 Å². The van der Waals surface area contributed by atoms with E-state index in [0.29, 0.717) is 6.61 Å². The first-order valence-corrected chi connectivity index (χ1v) is 6.71. The van der Waals surface area contributed by atoms with Crippen molar-refractivity contribution >= 4 is 28.6 Å². The lowest BCUT2D eigenvalue weighted by atomic mass is 10.3. The second-order valence-corrected chi connectivity index (χ2v) is 5.10. The third-order valence-electron chi connectivity index (χ3n) is 2.53. The normalized spacial score (nSPS) is 14.7. The molecule has 0 aromatic heterocycles. The summed E-state index contributed by atoms with van der Waals surface area (Å²) in [6.07, 6.45) is 0. The van der Waals surface area contributed by atoms with Crippen LogP contribution in [0.15, 0.2) is 29.3 Å². The van der Waals surface area contributed by atoms with E-state index >= 15 is 0 Å². The van der Waals surface area contributed by atoms with Gasteiger partial charge in [-0.05, 0) is 46.9 Å². The van der Waals surface area contributed by atoms with Gasteiger partial charge in [-0.15, -0.1) is 0 Å². The Kier molecular flexibility index (Phi) is 4.47. The Bertz CT molecular complexity index is 391. The van der Waals surface area contributed by atoms with Crippen LogP contribution in [0, 0.1) is 3.57 Å². The zero-order chi connectivity index (χ0) is 12.1. The van der Waals surface area contributed by atoms with Crippen molar-refractivity contribution in [2.45, 2.75) is 0 Å². The van der Waals surface area contributed by atoms with Gasteiger partial charge in [0.2, 0.25) is 0 Å². The van der Waals surface area contributed by atoms with Crippen LogP contribution in [0.2, 0.25) is 0 Å². The van der Waals surface area contributed by atoms with Crippen molar-refractivity contribution in [3.63, 3.8) is 0 Å². The minimum atomic E-state index is 0.646. The van der Waals surface area contributed by atoms with Crippen LogP contribution in [-0.4, -0.2) is 44.1 Å². The Balaban J connectivity index is 1.68. The predicted octanol–water partition coefficient (Wildman–Crippen LogP) is 1.56. The Morgan fingerprint density at radius 3 is 2.82 bits per heavy atom. The minimum Gasteiger partial charge on any atom is -0.492 e. The van der Waals surface area contributed by atoms with Crippen LogP contribution in [-0.2, 0) is 0 Å². The summed E-state index contributed by atoms with van der Waals surface area (Å²) in [5.74, 6) is 1.88. The number of ether oxygens (including phenoxy) is 1. The maximum Gasteiger partial charge on any atom is 0.193 e. The van der Waals surface area contributed by atoms with E-state index in [4.69, 9.17) is 4.74 Å². The van der Waals surface area contributed by atoms with Crippen molar-refractivity contribution in [3.05, 3.63) is 27.8 Å². The van der Waals surface area contributed by atoms with Crippen molar-refractivity contribution in [1.82, 2.24) is 10.2 Å². The fourth-order valence-corrected chi connectivity index (χ4v) is 1.95. The van der Waals surface area contributed by atoms with E-state index < -0.39 is 0 Å². The molecule has 5 heteroatoms. The van der Waals surface area contributed by atoms with Gasteiger partial charge in [-0.3, -0.25) is 4.99 Å². The quantitative estimate of drug-likeness (QED) is 0.665. The maximum atomic E-state index is 5.62. The van der Waals surface area contributed by atoms with Gasteiger partial charge in [-0.2, -0.15) is 0 Å². The van der Waals surface area contributed by atoms with Crippen molar-refractivity contribution in [2.75, 3.05) is 33.3 Å². The molecule has 1 heterocycles. The molecular formula is C12H16IN3O. The highest BCUT2D eigenvalue weighted by Crippen LogP contribution is 2.12. The average Bonchev–Trinajstić information content (AvgIpc) is 2.73. The van der Waals surface area contributed by atoms with Gasteiger partial charge < -0.3 is 15.0 Å². The van der Waals surface area contributed by atoms with Gasteiger partial charge in [0.15, 0.2) is 5.96 Å². The monoisotopic (exact) mass is 345 g/mol. The average molecular weight is 345 g/mol. The minimum absolute atomic E-state index is 0.646. The topological polar surface area (TPSA) is 36.9 Å². The lowest BCUT2D eigenvalue weighted by Crippen LogP contribution is -2.37. The molecule has 1 aliphatic heterocycles. The van der Waals surface area contributed by atoms with Crippen LogP contribution in [0.5, 0.6) is 5.75 Å². The molecule has 1 aromatic rings. The van der Waals surface area contributed by atoms with Crippen molar-refractivity contribution in [1.29, 1.82) is 0 Å². The third kappa shape index (κ3) is 3.76. The van der Waals surface area contributed by atoms with E-state index in [0.717, 1.165) is 31.3 Å². The van der Waals surface area contributed by atoms with E-state index in [9.17, 15) is 0 Å². The Labute approximate surface area is 115 Å². The first-order valence-electron chi connectivity index (χ1n) is 5.63. The SMILES string of the molecule is CN1CCN=C1NCCOc1ccc(I)cc1. The molecule has 0 atom stereocenters. The summed E-state index contributed by atoms with van der Waals surface area (Å²) >= 11 is 2.28. The molecular weight excluding hydrogens is 329 g/mol. The second kappa shape index (κ2) is 6.09. The van der Waals surface area contributed by atoms with E-state index in [-0.39, 0.29) is 0 Å². The van der Waals surface area contributed by atoms with Gasteiger partial charge in [-0.1, -0.05) is 0 Å². The lowest BCUT2D eigenvalue weighted by Gasteiger charge is -2.15. The van der Waals surface area contributed by atoms with Gasteiger partial charge in [0.05, 0.1) is 13.1 Å². The molecule has 0 fully saturated rings. The molecule has 0 unspecified atom stereocenters. The van der Waals surface area contributed by atoms with E-state index in [1.54, 1.807) is 0 Å². The number of hydrogen-bond acceptors (Lipinski definition) is 4. The fourth-order valence-electron chi connectivity index (χ4n) is 1.59. The Hall–Kier alpha value is -0.980. The Morgan fingerprint density at radius 1 is 1.41 bits per heavy atom. The fraction of sp³-hybridized carbons (Fsp3) is 0.417. The van der Waals surface area contributed by atoms with Crippen LogP contribution >= 0.6 is 22.6 Å². The number of halogens is 1. The lowest BCUT2D eigenvalue weighted by molar-refractivity contribution is 0.320. The van der Waals surface area contributed by atoms with E-state index in [2.05, 4.69) is 37.8 Å². The first-order chi connectivity index (χ1) is 8.25. The van der Waals surface area contributed by atoms with Crippen molar-refractivity contribution in [3.8, 4) is 5.75 Å². The summed E-state index contributed by atoms with van der Waals surface area (Å²) in [6, 6.07) is 8.05. The summed E-state index contributed by atoms with van der Waals surface area (Å²) in [4.78, 5) is 6.46. The van der Waals surface area contributed by atoms with Crippen molar-refractivity contribution in [2.24, 2.45) is 4.99 Å². The van der Waals surface area contributed by atoms with E-state index in [1.165, 1.54) is 3.57 Å². The van der Waals surface area contributed by atoms with Crippen LogP contribution in [0.25, 0.3) is 0 Å². The molecule has 92 valence electrons. The van der Waals surface area contributed by atoms with Gasteiger partial charge in [0.1, 0.15) is 12.4 Å².